The third-order valence-corrected chi connectivity index (χ3v) is 1.16. The molecule has 0 aromatic rings. The fraction of sp³-hybridized carbons (Fsp3) is 1.00. The second-order valence-electron chi connectivity index (χ2n) is 1.99. The van der Waals surface area contributed by atoms with Crippen molar-refractivity contribution < 1.29 is 25.5 Å². The van der Waals surface area contributed by atoms with E-state index in [4.69, 9.17) is 25.5 Å². The van der Waals surface area contributed by atoms with Crippen LogP contribution in [0.25, 0.3) is 0 Å². The Balaban J connectivity index is 3.69. The van der Waals surface area contributed by atoms with Crippen molar-refractivity contribution in [1.29, 1.82) is 0 Å². The average Bonchev–Trinajstić information content (AvgIpc) is 2.00. The molecule has 0 aromatic carbocycles. The van der Waals surface area contributed by atoms with Crippen LogP contribution in [0.15, 0.2) is 0 Å². The van der Waals surface area contributed by atoms with Gasteiger partial charge in [-0.05, 0) is 0 Å². The first-order chi connectivity index (χ1) is 4.63. The number of rotatable bonds is 4. The van der Waals surface area contributed by atoms with Crippen LogP contribution in [0.1, 0.15) is 0 Å². The van der Waals surface area contributed by atoms with Crippen molar-refractivity contribution >= 4 is 0 Å². The maximum Gasteiger partial charge on any atom is 0.110 e. The molecule has 0 aromatic heterocycles. The second-order valence-corrected chi connectivity index (χ2v) is 1.99. The van der Waals surface area contributed by atoms with E-state index in [9.17, 15) is 0 Å². The van der Waals surface area contributed by atoms with Crippen molar-refractivity contribution in [2.75, 3.05) is 13.2 Å². The molecule has 0 heterocycles. The topological polar surface area (TPSA) is 101 Å². The van der Waals surface area contributed by atoms with E-state index in [-0.39, 0.29) is 0 Å². The molecule has 0 aliphatic rings. The van der Waals surface area contributed by atoms with Crippen LogP contribution in [0.5, 0.6) is 0 Å². The van der Waals surface area contributed by atoms with Crippen LogP contribution in [0, 0.1) is 0 Å². The van der Waals surface area contributed by atoms with Crippen molar-refractivity contribution in [2.24, 2.45) is 0 Å². The molecule has 0 saturated heterocycles. The summed E-state index contributed by atoms with van der Waals surface area (Å²) in [4.78, 5) is 0. The smallest absolute Gasteiger partial charge is 0.110 e. The predicted molar refractivity (Wildman–Crippen MR) is 32.2 cm³/mol. The first-order valence-corrected chi connectivity index (χ1v) is 2.89. The molecule has 10 heavy (non-hydrogen) atoms. The summed E-state index contributed by atoms with van der Waals surface area (Å²) in [6.07, 6.45) is -4.29. The molecule has 0 unspecified atom stereocenters. The standard InChI is InChI=1S/C5H12O5/c6-1-3(8)5(10)4(9)2-7/h3-10H,1-2H2/t3-,4+,5-/i3+1/m0/s1. The molecule has 0 fully saturated rings. The SMILES string of the molecule is OC[C@@H](O)[C@@H](O)[13C@@H](O)CO. The second kappa shape index (κ2) is 4.59. The molecule has 0 aliphatic carbocycles. The molecule has 5 N–H and O–H groups in total. The Kier molecular flexibility index (Phi) is 4.50. The van der Waals surface area contributed by atoms with Crippen LogP contribution in [0.2, 0.25) is 0 Å². The van der Waals surface area contributed by atoms with Crippen LogP contribution in [0.3, 0.4) is 0 Å². The van der Waals surface area contributed by atoms with E-state index in [2.05, 4.69) is 0 Å². The minimum atomic E-state index is -1.49. The summed E-state index contributed by atoms with van der Waals surface area (Å²) in [5, 5.41) is 42.6. The van der Waals surface area contributed by atoms with Crippen molar-refractivity contribution in [3.05, 3.63) is 0 Å². The van der Waals surface area contributed by atoms with E-state index in [0.717, 1.165) is 0 Å². The molecular formula is C5H12O5. The summed E-state index contributed by atoms with van der Waals surface area (Å²) < 4.78 is 0. The Morgan fingerprint density at radius 3 is 1.30 bits per heavy atom. The molecule has 0 amide bonds. The third kappa shape index (κ3) is 2.59. The van der Waals surface area contributed by atoms with Crippen LogP contribution < -0.4 is 0 Å². The van der Waals surface area contributed by atoms with Crippen molar-refractivity contribution in [3.63, 3.8) is 0 Å². The monoisotopic (exact) mass is 153 g/mol. The first kappa shape index (κ1) is 9.80. The van der Waals surface area contributed by atoms with Gasteiger partial charge in [-0.25, -0.2) is 0 Å². The maximum atomic E-state index is 8.77. The number of aliphatic hydroxyl groups is 5. The highest BCUT2D eigenvalue weighted by molar-refractivity contribution is 4.73. The van der Waals surface area contributed by atoms with Gasteiger partial charge in [-0.1, -0.05) is 0 Å². The highest BCUT2D eigenvalue weighted by Crippen LogP contribution is 1.97. The van der Waals surface area contributed by atoms with E-state index in [1.165, 1.54) is 0 Å². The summed E-state index contributed by atoms with van der Waals surface area (Å²) in [7, 11) is 0. The summed E-state index contributed by atoms with van der Waals surface area (Å²) >= 11 is 0. The summed E-state index contributed by atoms with van der Waals surface area (Å²) in [5.74, 6) is 0. The van der Waals surface area contributed by atoms with Crippen LogP contribution in [0.4, 0.5) is 0 Å². The first-order valence-electron chi connectivity index (χ1n) is 2.89. The zero-order chi connectivity index (χ0) is 8.15. The van der Waals surface area contributed by atoms with E-state index in [0.29, 0.717) is 0 Å². The molecule has 0 spiro atoms. The fourth-order valence-corrected chi connectivity index (χ4v) is 0.472. The Labute approximate surface area is 58.2 Å². The number of hydrogen-bond donors (Lipinski definition) is 5. The predicted octanol–water partition coefficient (Wildman–Crippen LogP) is -2.95. The van der Waals surface area contributed by atoms with Gasteiger partial charge in [0.2, 0.25) is 0 Å². The lowest BCUT2D eigenvalue weighted by atomic mass is 10.3. The van der Waals surface area contributed by atoms with Gasteiger partial charge in [0.1, 0.15) is 18.3 Å². The molecular weight excluding hydrogens is 141 g/mol. The maximum absolute atomic E-state index is 8.77. The lowest BCUT2D eigenvalue weighted by Gasteiger charge is -2.19. The van der Waals surface area contributed by atoms with E-state index in [1.807, 2.05) is 0 Å². The zero-order valence-electron chi connectivity index (χ0n) is 5.38. The molecule has 3 atom stereocenters. The Morgan fingerprint density at radius 1 is 0.800 bits per heavy atom. The van der Waals surface area contributed by atoms with Crippen molar-refractivity contribution in [1.82, 2.24) is 0 Å². The van der Waals surface area contributed by atoms with Gasteiger partial charge in [-0.2, -0.15) is 0 Å². The van der Waals surface area contributed by atoms with Gasteiger partial charge in [0, 0.05) is 0 Å². The zero-order valence-corrected chi connectivity index (χ0v) is 5.38. The minimum Gasteiger partial charge on any atom is -0.394 e. The van der Waals surface area contributed by atoms with Gasteiger partial charge in [-0.15, -0.1) is 0 Å². The van der Waals surface area contributed by atoms with Gasteiger partial charge in [0.05, 0.1) is 13.2 Å². The van der Waals surface area contributed by atoms with E-state index in [1.54, 1.807) is 0 Å². The van der Waals surface area contributed by atoms with Crippen LogP contribution >= 0.6 is 0 Å². The van der Waals surface area contributed by atoms with E-state index < -0.39 is 31.5 Å². The summed E-state index contributed by atoms with van der Waals surface area (Å²) in [5.41, 5.74) is 0. The Bertz CT molecular complexity index is 76.1. The van der Waals surface area contributed by atoms with Crippen LogP contribution in [-0.2, 0) is 0 Å². The lowest BCUT2D eigenvalue weighted by Crippen LogP contribution is -2.41. The Morgan fingerprint density at radius 2 is 1.10 bits per heavy atom. The quantitative estimate of drug-likeness (QED) is 0.278. The van der Waals surface area contributed by atoms with Gasteiger partial charge in [-0.3, -0.25) is 0 Å². The fourth-order valence-electron chi connectivity index (χ4n) is 0.472. The van der Waals surface area contributed by atoms with Gasteiger partial charge in [0.15, 0.2) is 0 Å². The van der Waals surface area contributed by atoms with Crippen molar-refractivity contribution in [3.8, 4) is 0 Å². The molecule has 5 nitrogen and oxygen atoms in total. The molecule has 0 bridgehead atoms. The third-order valence-electron chi connectivity index (χ3n) is 1.16. The van der Waals surface area contributed by atoms with Gasteiger partial charge in [0.25, 0.3) is 0 Å². The summed E-state index contributed by atoms with van der Waals surface area (Å²) in [6.45, 7) is -1.28. The summed E-state index contributed by atoms with van der Waals surface area (Å²) in [6, 6.07) is 0. The molecule has 5 heteroatoms. The van der Waals surface area contributed by atoms with Gasteiger partial charge < -0.3 is 25.5 Å². The number of aliphatic hydroxyl groups excluding tert-OH is 5. The molecule has 0 radical (unpaired) electrons. The van der Waals surface area contributed by atoms with Gasteiger partial charge >= 0.3 is 0 Å². The highest BCUT2D eigenvalue weighted by atomic mass is 16.4. The largest absolute Gasteiger partial charge is 0.394 e. The lowest BCUT2D eigenvalue weighted by molar-refractivity contribution is -0.0900. The number of hydrogen-bond acceptors (Lipinski definition) is 5. The minimum absolute atomic E-state index is 0.641. The normalized spacial score (nSPS) is 20.1. The molecule has 0 saturated carbocycles. The molecule has 0 rings (SSSR count). The van der Waals surface area contributed by atoms with Crippen molar-refractivity contribution in [2.45, 2.75) is 18.3 Å². The average molecular weight is 153 g/mol. The van der Waals surface area contributed by atoms with E-state index >= 15 is 0 Å². The van der Waals surface area contributed by atoms with Crippen LogP contribution in [-0.4, -0.2) is 57.1 Å². The highest BCUT2D eigenvalue weighted by Gasteiger charge is 2.22. The Hall–Kier alpha value is -0.200. The molecule has 0 aliphatic heterocycles. The molecule has 62 valence electrons.